The Morgan fingerprint density at radius 3 is 1.31 bits per heavy atom. The number of hydrogen-bond donors (Lipinski definition) is 0. The fourth-order valence-corrected chi connectivity index (χ4v) is 7.99. The van der Waals surface area contributed by atoms with Crippen LogP contribution in [0.2, 0.25) is 0 Å². The number of rotatable bonds is 13. The van der Waals surface area contributed by atoms with Crippen LogP contribution in [-0.2, 0) is 0 Å². The maximum Gasteiger partial charge on any atom is 0.0165 e. The second kappa shape index (κ2) is 14.0. The summed E-state index contributed by atoms with van der Waals surface area (Å²) < 4.78 is 0. The predicted molar refractivity (Wildman–Crippen MR) is 147 cm³/mol. The van der Waals surface area contributed by atoms with Gasteiger partial charge in [0.25, 0.3) is 0 Å². The molecule has 0 saturated carbocycles. The van der Waals surface area contributed by atoms with E-state index in [1.54, 1.807) is 0 Å². The molecule has 3 rings (SSSR count). The van der Waals surface area contributed by atoms with E-state index in [0.29, 0.717) is 0 Å². The number of unbranched alkanes of at least 4 members (excludes halogenated alkanes) is 9. The Kier molecular flexibility index (Phi) is 10.7. The highest BCUT2D eigenvalue weighted by molar-refractivity contribution is 7.94. The fraction of sp³-hybridized carbons (Fsp3) is 0.355. The lowest BCUT2D eigenvalue weighted by Crippen LogP contribution is -2.25. The van der Waals surface area contributed by atoms with E-state index in [1.165, 1.54) is 73.7 Å². The van der Waals surface area contributed by atoms with Crippen LogP contribution in [0, 0.1) is 0 Å². The SMILES string of the molecule is CCCCCCCCCCCC=C=P(c1ccccc1)(c1ccccc1)c1ccccc1. The normalized spacial score (nSPS) is 11.2. The average molecular weight is 443 g/mol. The van der Waals surface area contributed by atoms with Gasteiger partial charge in [-0.25, -0.2) is 0 Å². The molecule has 168 valence electrons. The van der Waals surface area contributed by atoms with Gasteiger partial charge in [0.1, 0.15) is 0 Å². The van der Waals surface area contributed by atoms with Gasteiger partial charge in [-0.2, -0.15) is 0 Å². The van der Waals surface area contributed by atoms with Gasteiger partial charge >= 0.3 is 0 Å². The zero-order valence-corrected chi connectivity index (χ0v) is 20.7. The molecule has 0 spiro atoms. The van der Waals surface area contributed by atoms with Crippen molar-refractivity contribution in [3.05, 3.63) is 97.1 Å². The molecule has 0 radical (unpaired) electrons. The third-order valence-corrected chi connectivity index (χ3v) is 9.96. The Balaban J connectivity index is 1.80. The minimum atomic E-state index is -1.94. The fourth-order valence-electron chi connectivity index (χ4n) is 4.38. The summed E-state index contributed by atoms with van der Waals surface area (Å²) in [6.45, 7) is 0.351. The quantitative estimate of drug-likeness (QED) is 0.187. The molecule has 0 aliphatic rings. The minimum absolute atomic E-state index is 1.12. The standard InChI is InChI=1S/C31H39P/c1-2-3-4-5-6-7-8-9-10-11-21-28-32(29-22-15-12-16-23-29,30-24-17-13-18-25-30)31-26-19-14-20-27-31/h12-27H,2-11H2,1H3. The molecule has 0 aliphatic carbocycles. The Hall–Kier alpha value is -2.26. The number of hydrogen-bond acceptors (Lipinski definition) is 0. The van der Waals surface area contributed by atoms with Crippen molar-refractivity contribution >= 4 is 28.3 Å². The maximum absolute atomic E-state index is 3.99. The zero-order chi connectivity index (χ0) is 22.3. The number of benzene rings is 3. The smallest absolute Gasteiger partial charge is 0.0165 e. The van der Waals surface area contributed by atoms with Crippen LogP contribution in [0.3, 0.4) is 0 Å². The van der Waals surface area contributed by atoms with Crippen LogP contribution in [0.15, 0.2) is 97.1 Å². The summed E-state index contributed by atoms with van der Waals surface area (Å²) in [5, 5.41) is 4.13. The van der Waals surface area contributed by atoms with Gasteiger partial charge in [-0.05, 0) is 34.8 Å². The van der Waals surface area contributed by atoms with E-state index in [-0.39, 0.29) is 0 Å². The van der Waals surface area contributed by atoms with E-state index >= 15 is 0 Å². The highest BCUT2D eigenvalue weighted by Crippen LogP contribution is 2.42. The van der Waals surface area contributed by atoms with Crippen molar-refractivity contribution in [3.63, 3.8) is 0 Å². The molecule has 0 atom stereocenters. The van der Waals surface area contributed by atoms with Crippen LogP contribution >= 0.6 is 6.89 Å². The van der Waals surface area contributed by atoms with Gasteiger partial charge in [0.05, 0.1) is 0 Å². The van der Waals surface area contributed by atoms with Crippen molar-refractivity contribution in [2.75, 3.05) is 0 Å². The van der Waals surface area contributed by atoms with E-state index in [4.69, 9.17) is 0 Å². The first kappa shape index (κ1) is 24.4. The van der Waals surface area contributed by atoms with Gasteiger partial charge < -0.3 is 0 Å². The highest BCUT2D eigenvalue weighted by Gasteiger charge is 2.24. The van der Waals surface area contributed by atoms with Crippen molar-refractivity contribution in [1.82, 2.24) is 0 Å². The molecule has 32 heavy (non-hydrogen) atoms. The molecule has 0 N–H and O–H groups in total. The summed E-state index contributed by atoms with van der Waals surface area (Å²) in [6.07, 6.45) is 15.8. The summed E-state index contributed by atoms with van der Waals surface area (Å²) in [5.74, 6) is 0. The molecule has 0 nitrogen and oxygen atoms in total. The first-order chi connectivity index (χ1) is 15.9. The monoisotopic (exact) mass is 442 g/mol. The van der Waals surface area contributed by atoms with Crippen molar-refractivity contribution in [2.24, 2.45) is 0 Å². The largest absolute Gasteiger partial charge is 0.117 e. The average Bonchev–Trinajstić information content (AvgIpc) is 2.87. The molecule has 0 aromatic heterocycles. The van der Waals surface area contributed by atoms with Gasteiger partial charge in [-0.15, -0.1) is 5.45 Å². The summed E-state index contributed by atoms with van der Waals surface area (Å²) in [7, 11) is 0. The Morgan fingerprint density at radius 2 is 0.906 bits per heavy atom. The van der Waals surface area contributed by atoms with Crippen LogP contribution in [0.25, 0.3) is 0 Å². The Bertz CT molecular complexity index is 863. The molecule has 3 aromatic carbocycles. The third-order valence-electron chi connectivity index (χ3n) is 6.17. The van der Waals surface area contributed by atoms with Crippen LogP contribution < -0.4 is 15.9 Å². The van der Waals surface area contributed by atoms with Gasteiger partial charge in [0, 0.05) is 6.89 Å². The van der Waals surface area contributed by atoms with E-state index in [9.17, 15) is 0 Å². The van der Waals surface area contributed by atoms with Crippen LogP contribution in [0.5, 0.6) is 0 Å². The molecule has 0 aliphatic heterocycles. The molecule has 0 amide bonds. The summed E-state index contributed by atoms with van der Waals surface area (Å²) in [6, 6.07) is 33.0. The van der Waals surface area contributed by atoms with E-state index < -0.39 is 6.89 Å². The molecular weight excluding hydrogens is 403 g/mol. The molecule has 0 unspecified atom stereocenters. The zero-order valence-electron chi connectivity index (χ0n) is 19.8. The lowest BCUT2D eigenvalue weighted by Gasteiger charge is -2.26. The summed E-state index contributed by atoms with van der Waals surface area (Å²) >= 11 is 0. The van der Waals surface area contributed by atoms with Crippen molar-refractivity contribution in [1.29, 1.82) is 0 Å². The second-order valence-corrected chi connectivity index (χ2v) is 11.8. The molecule has 0 fully saturated rings. The molecule has 3 aromatic rings. The Morgan fingerprint density at radius 1 is 0.531 bits per heavy atom. The molecule has 0 heterocycles. The Labute approximate surface area is 196 Å². The van der Waals surface area contributed by atoms with Gasteiger partial charge in [-0.1, -0.05) is 149 Å². The molecule has 1 heteroatoms. The number of allylic oxidation sites excluding steroid dienone is 1. The predicted octanol–water partition coefficient (Wildman–Crippen LogP) is 7.86. The second-order valence-electron chi connectivity index (χ2n) is 8.63. The first-order valence-corrected chi connectivity index (χ1v) is 14.3. The highest BCUT2D eigenvalue weighted by atomic mass is 31.2. The molecule has 0 bridgehead atoms. The lowest BCUT2D eigenvalue weighted by atomic mass is 10.1. The minimum Gasteiger partial charge on any atom is -0.117 e. The van der Waals surface area contributed by atoms with Crippen molar-refractivity contribution in [2.45, 2.75) is 71.1 Å². The molecular formula is C31H39P. The third kappa shape index (κ3) is 6.87. The van der Waals surface area contributed by atoms with Crippen LogP contribution in [0.4, 0.5) is 0 Å². The van der Waals surface area contributed by atoms with E-state index in [1.807, 2.05) is 0 Å². The maximum atomic E-state index is 3.99. The summed E-state index contributed by atoms with van der Waals surface area (Å²) in [4.78, 5) is 0. The summed E-state index contributed by atoms with van der Waals surface area (Å²) in [5.41, 5.74) is 3.99. The topological polar surface area (TPSA) is 0 Å². The van der Waals surface area contributed by atoms with Gasteiger partial charge in [-0.3, -0.25) is 0 Å². The van der Waals surface area contributed by atoms with Crippen LogP contribution in [0.1, 0.15) is 71.1 Å². The molecule has 0 saturated heterocycles. The lowest BCUT2D eigenvalue weighted by molar-refractivity contribution is 0.566. The first-order valence-electron chi connectivity index (χ1n) is 12.5. The van der Waals surface area contributed by atoms with Crippen molar-refractivity contribution in [3.8, 4) is 0 Å². The van der Waals surface area contributed by atoms with E-state index in [0.717, 1.165) is 6.42 Å². The van der Waals surface area contributed by atoms with Gasteiger partial charge in [0.2, 0.25) is 0 Å². The van der Waals surface area contributed by atoms with Crippen molar-refractivity contribution < 1.29 is 0 Å². The van der Waals surface area contributed by atoms with Crippen LogP contribution in [-0.4, -0.2) is 5.45 Å². The van der Waals surface area contributed by atoms with E-state index in [2.05, 4.69) is 109 Å². The van der Waals surface area contributed by atoms with Gasteiger partial charge in [0.15, 0.2) is 0 Å².